The van der Waals surface area contributed by atoms with Crippen molar-refractivity contribution in [1.29, 1.82) is 0 Å². The Morgan fingerprint density at radius 2 is 2.35 bits per heavy atom. The molecule has 6 nitrogen and oxygen atoms in total. The third kappa shape index (κ3) is 4.89. The van der Waals surface area contributed by atoms with Gasteiger partial charge in [0.25, 0.3) is 0 Å². The summed E-state index contributed by atoms with van der Waals surface area (Å²) in [5.41, 5.74) is 0.983. The van der Waals surface area contributed by atoms with Crippen LogP contribution in [0, 0.1) is 0 Å². The Hall–Kier alpha value is -0.900. The maximum Gasteiger partial charge on any atom is 0.302 e. The lowest BCUT2D eigenvalue weighted by Gasteiger charge is -2.05. The minimum atomic E-state index is -0.146. The van der Waals surface area contributed by atoms with Crippen molar-refractivity contribution >= 4 is 40.6 Å². The molecule has 0 atom stereocenters. The average Bonchev–Trinajstić information content (AvgIpc) is 2.98. The highest BCUT2D eigenvalue weighted by atomic mass is 32.2. The average molecular weight is 331 g/mol. The molecule has 0 radical (unpaired) electrons. The fourth-order valence-corrected chi connectivity index (χ4v) is 3.72. The van der Waals surface area contributed by atoms with E-state index in [1.54, 1.807) is 23.1 Å². The summed E-state index contributed by atoms with van der Waals surface area (Å²) in [4.78, 5) is 17.9. The first-order chi connectivity index (χ1) is 9.65. The molecule has 0 aliphatic heterocycles. The molecule has 110 valence electrons. The predicted molar refractivity (Wildman–Crippen MR) is 86.9 cm³/mol. The molecule has 0 aromatic carbocycles. The van der Waals surface area contributed by atoms with Crippen molar-refractivity contribution in [3.63, 3.8) is 0 Å². The number of nitrogens with one attached hydrogen (secondary N) is 2. The Bertz CT molecular complexity index is 576. The van der Waals surface area contributed by atoms with E-state index in [1.165, 1.54) is 0 Å². The van der Waals surface area contributed by atoms with Gasteiger partial charge in [0.05, 0.1) is 5.69 Å². The molecule has 2 aromatic rings. The van der Waals surface area contributed by atoms with Crippen molar-refractivity contribution in [2.75, 3.05) is 31.7 Å². The van der Waals surface area contributed by atoms with Crippen LogP contribution in [-0.2, 0) is 12.3 Å². The van der Waals surface area contributed by atoms with Crippen molar-refractivity contribution in [2.45, 2.75) is 12.3 Å². The molecule has 2 aromatic heterocycles. The zero-order chi connectivity index (χ0) is 14.4. The van der Waals surface area contributed by atoms with E-state index in [1.807, 2.05) is 14.1 Å². The molecule has 0 saturated carbocycles. The van der Waals surface area contributed by atoms with Gasteiger partial charge in [-0.3, -0.25) is 9.17 Å². The highest BCUT2D eigenvalue weighted by Crippen LogP contribution is 2.16. The van der Waals surface area contributed by atoms with Crippen molar-refractivity contribution < 1.29 is 0 Å². The molecule has 2 rings (SSSR count). The third-order valence-electron chi connectivity index (χ3n) is 2.33. The minimum absolute atomic E-state index is 0.146. The van der Waals surface area contributed by atoms with Gasteiger partial charge in [0.15, 0.2) is 0 Å². The molecular weight excluding hydrogens is 314 g/mol. The van der Waals surface area contributed by atoms with E-state index in [4.69, 9.17) is 0 Å². The van der Waals surface area contributed by atoms with Gasteiger partial charge in [-0.25, -0.2) is 4.98 Å². The Kier molecular flexibility index (Phi) is 6.02. The number of thioether (sulfide) groups is 1. The summed E-state index contributed by atoms with van der Waals surface area (Å²) in [6.45, 7) is 1.62. The van der Waals surface area contributed by atoms with Gasteiger partial charge in [-0.15, -0.1) is 11.3 Å². The fourth-order valence-electron chi connectivity index (χ4n) is 1.49. The van der Waals surface area contributed by atoms with Crippen LogP contribution in [0.4, 0.5) is 5.82 Å². The van der Waals surface area contributed by atoms with Crippen LogP contribution in [0.25, 0.3) is 0 Å². The lowest BCUT2D eigenvalue weighted by Crippen LogP contribution is -2.12. The largest absolute Gasteiger partial charge is 0.364 e. The maximum absolute atomic E-state index is 11.2. The summed E-state index contributed by atoms with van der Waals surface area (Å²) in [7, 11) is 4.09. The van der Waals surface area contributed by atoms with Crippen LogP contribution < -0.4 is 10.9 Å². The monoisotopic (exact) mass is 331 g/mol. The number of thiazole rings is 1. The number of H-pyrrole nitrogens is 1. The number of aromatic amines is 1. The Morgan fingerprint density at radius 1 is 1.50 bits per heavy atom. The molecule has 2 N–H and O–H groups in total. The van der Waals surface area contributed by atoms with E-state index in [2.05, 4.69) is 29.3 Å². The molecule has 0 aliphatic carbocycles. The van der Waals surface area contributed by atoms with Crippen LogP contribution in [-0.4, -0.2) is 45.0 Å². The zero-order valence-corrected chi connectivity index (χ0v) is 13.8. The minimum Gasteiger partial charge on any atom is -0.364 e. The zero-order valence-electron chi connectivity index (χ0n) is 11.4. The van der Waals surface area contributed by atoms with Crippen LogP contribution in [0.5, 0.6) is 0 Å². The smallest absolute Gasteiger partial charge is 0.302 e. The Morgan fingerprint density at radius 3 is 3.05 bits per heavy atom. The van der Waals surface area contributed by atoms with Gasteiger partial charge in [0, 0.05) is 41.7 Å². The highest BCUT2D eigenvalue weighted by Gasteiger charge is 2.04. The van der Waals surface area contributed by atoms with Crippen molar-refractivity contribution in [3.05, 3.63) is 26.4 Å². The molecule has 0 spiro atoms. The van der Waals surface area contributed by atoms with Crippen molar-refractivity contribution in [1.82, 2.24) is 18.6 Å². The van der Waals surface area contributed by atoms with Gasteiger partial charge in [-0.2, -0.15) is 16.1 Å². The predicted octanol–water partition coefficient (Wildman–Crippen LogP) is 1.69. The quantitative estimate of drug-likeness (QED) is 0.717. The molecule has 0 saturated heterocycles. The first-order valence-electron chi connectivity index (χ1n) is 6.09. The number of anilines is 1. The van der Waals surface area contributed by atoms with E-state index >= 15 is 0 Å². The number of rotatable bonds is 8. The lowest BCUT2D eigenvalue weighted by atomic mass is 10.5. The standard InChI is InChI=1S/C11H17N5OS3/c1-16(2)5-9-13-8(7-19-9)6-18-4-3-12-10-11(17)15-20-14-10/h7H,3-6H2,1-2H3,(H,12,14)(H,15,17). The summed E-state index contributed by atoms with van der Waals surface area (Å²) in [5.74, 6) is 2.23. The number of hydrogen-bond donors (Lipinski definition) is 2. The van der Waals surface area contributed by atoms with E-state index in [0.717, 1.165) is 47.0 Å². The molecule has 0 aliphatic rings. The summed E-state index contributed by atoms with van der Waals surface area (Å²) in [6, 6.07) is 0. The molecular formula is C11H17N5OS3. The lowest BCUT2D eigenvalue weighted by molar-refractivity contribution is 0.401. The van der Waals surface area contributed by atoms with Gasteiger partial charge < -0.3 is 10.2 Å². The van der Waals surface area contributed by atoms with E-state index < -0.39 is 0 Å². The molecule has 20 heavy (non-hydrogen) atoms. The second-order valence-corrected chi connectivity index (χ2v) is 7.03. The summed E-state index contributed by atoms with van der Waals surface area (Å²) in [5, 5.41) is 6.29. The number of hydrogen-bond acceptors (Lipinski definition) is 8. The summed E-state index contributed by atoms with van der Waals surface area (Å²) < 4.78 is 6.49. The molecule has 0 fully saturated rings. The summed E-state index contributed by atoms with van der Waals surface area (Å²) >= 11 is 4.57. The van der Waals surface area contributed by atoms with Gasteiger partial charge in [-0.1, -0.05) is 0 Å². The van der Waals surface area contributed by atoms with Gasteiger partial charge >= 0.3 is 5.56 Å². The fraction of sp³-hybridized carbons (Fsp3) is 0.545. The molecule has 0 amide bonds. The van der Waals surface area contributed by atoms with Crippen molar-refractivity contribution in [2.24, 2.45) is 0 Å². The van der Waals surface area contributed by atoms with Crippen LogP contribution in [0.1, 0.15) is 10.7 Å². The van der Waals surface area contributed by atoms with E-state index in [9.17, 15) is 4.79 Å². The normalized spacial score (nSPS) is 11.2. The van der Waals surface area contributed by atoms with Crippen LogP contribution in [0.2, 0.25) is 0 Å². The van der Waals surface area contributed by atoms with Crippen LogP contribution in [0.15, 0.2) is 10.2 Å². The molecule has 2 heterocycles. The topological polar surface area (TPSA) is 73.9 Å². The van der Waals surface area contributed by atoms with Crippen molar-refractivity contribution in [3.8, 4) is 0 Å². The van der Waals surface area contributed by atoms with Crippen LogP contribution in [0.3, 0.4) is 0 Å². The first-order valence-corrected chi connectivity index (χ1v) is 8.90. The van der Waals surface area contributed by atoms with Gasteiger partial charge in [-0.05, 0) is 14.1 Å². The maximum atomic E-state index is 11.2. The number of aromatic nitrogens is 3. The van der Waals surface area contributed by atoms with E-state index in [0.29, 0.717) is 5.82 Å². The summed E-state index contributed by atoms with van der Waals surface area (Å²) in [6.07, 6.45) is 0. The van der Waals surface area contributed by atoms with Gasteiger partial charge in [0.2, 0.25) is 5.82 Å². The first kappa shape index (κ1) is 15.5. The Balaban J connectivity index is 1.65. The number of nitrogens with zero attached hydrogens (tertiary/aromatic N) is 3. The highest BCUT2D eigenvalue weighted by molar-refractivity contribution is 7.98. The molecule has 0 unspecified atom stereocenters. The third-order valence-corrected chi connectivity index (χ3v) is 4.76. The molecule has 9 heteroatoms. The van der Waals surface area contributed by atoms with Crippen LogP contribution >= 0.6 is 34.8 Å². The second-order valence-electron chi connectivity index (χ2n) is 4.41. The van der Waals surface area contributed by atoms with E-state index in [-0.39, 0.29) is 5.56 Å². The SMILES string of the molecule is CN(C)Cc1nc(CSCCNc2ns[nH]c2=O)cs1. The van der Waals surface area contributed by atoms with Gasteiger partial charge in [0.1, 0.15) is 5.01 Å². The Labute approximate surface area is 129 Å². The molecule has 0 bridgehead atoms. The second kappa shape index (κ2) is 7.77.